The van der Waals surface area contributed by atoms with Gasteiger partial charge in [-0.15, -0.1) is 24.9 Å². The molecule has 8 heteroatoms. The number of anilines is 1. The van der Waals surface area contributed by atoms with Gasteiger partial charge in [0.25, 0.3) is 0 Å². The van der Waals surface area contributed by atoms with Crippen LogP contribution >= 0.6 is 11.8 Å². The number of fused-ring (bicyclic) bond motifs is 1. The molecule has 3 aliphatic heterocycles. The molecular formula is C32H45N3O4S. The molecule has 4 rings (SSSR count). The van der Waals surface area contributed by atoms with E-state index in [1.807, 2.05) is 56.0 Å². The zero-order valence-electron chi connectivity index (χ0n) is 24.4. The van der Waals surface area contributed by atoms with Crippen LogP contribution in [0.4, 0.5) is 5.69 Å². The minimum atomic E-state index is -0.669. The maximum Gasteiger partial charge on any atom is 0.247 e. The van der Waals surface area contributed by atoms with Crippen LogP contribution in [0.5, 0.6) is 0 Å². The lowest BCUT2D eigenvalue weighted by Crippen LogP contribution is -2.60. The molecule has 40 heavy (non-hydrogen) atoms. The average Bonchev–Trinajstić information content (AvgIpc) is 3.51. The Morgan fingerprint density at radius 3 is 2.38 bits per heavy atom. The van der Waals surface area contributed by atoms with Crippen LogP contribution < -0.4 is 4.90 Å². The van der Waals surface area contributed by atoms with Gasteiger partial charge >= 0.3 is 0 Å². The molecule has 3 heterocycles. The van der Waals surface area contributed by atoms with Crippen molar-refractivity contribution in [3.05, 3.63) is 55.6 Å². The Morgan fingerprint density at radius 1 is 1.10 bits per heavy atom. The summed E-state index contributed by atoms with van der Waals surface area (Å²) in [5.74, 6) is -1.18. The number of carbonyl (C=O) groups excluding carboxylic acids is 3. The van der Waals surface area contributed by atoms with Crippen LogP contribution in [0.1, 0.15) is 53.4 Å². The second-order valence-electron chi connectivity index (χ2n) is 12.3. The molecule has 2 bridgehead atoms. The van der Waals surface area contributed by atoms with Crippen molar-refractivity contribution in [3.63, 3.8) is 0 Å². The van der Waals surface area contributed by atoms with E-state index < -0.39 is 28.2 Å². The first-order valence-electron chi connectivity index (χ1n) is 14.5. The summed E-state index contributed by atoms with van der Waals surface area (Å²) >= 11 is 1.71. The fraction of sp³-hybridized carbons (Fsp3) is 0.594. The summed E-state index contributed by atoms with van der Waals surface area (Å²) in [4.78, 5) is 48.7. The fourth-order valence-corrected chi connectivity index (χ4v) is 9.51. The van der Waals surface area contributed by atoms with Gasteiger partial charge < -0.3 is 19.8 Å². The molecule has 0 radical (unpaired) electrons. The van der Waals surface area contributed by atoms with Crippen molar-refractivity contribution in [1.29, 1.82) is 0 Å². The van der Waals surface area contributed by atoms with Gasteiger partial charge in [0.05, 0.1) is 16.6 Å². The lowest BCUT2D eigenvalue weighted by Gasteiger charge is -2.44. The van der Waals surface area contributed by atoms with Crippen molar-refractivity contribution in [2.24, 2.45) is 17.8 Å². The number of hydrogen-bond acceptors (Lipinski definition) is 5. The van der Waals surface area contributed by atoms with Crippen molar-refractivity contribution >= 4 is 35.2 Å². The number of amides is 3. The second-order valence-corrected chi connectivity index (χ2v) is 13.9. The molecule has 7 nitrogen and oxygen atoms in total. The van der Waals surface area contributed by atoms with E-state index in [-0.39, 0.29) is 35.5 Å². The van der Waals surface area contributed by atoms with Gasteiger partial charge in [-0.1, -0.05) is 37.3 Å². The van der Waals surface area contributed by atoms with Crippen LogP contribution in [0.15, 0.2) is 55.6 Å². The Bertz CT molecular complexity index is 1120. The van der Waals surface area contributed by atoms with Crippen LogP contribution in [0.3, 0.4) is 0 Å². The summed E-state index contributed by atoms with van der Waals surface area (Å²) in [5.41, 5.74) is 0.325. The second kappa shape index (κ2) is 12.1. The van der Waals surface area contributed by atoms with Crippen molar-refractivity contribution in [2.75, 3.05) is 31.1 Å². The number of nitrogens with zero attached hydrogens (tertiary/aromatic N) is 3. The van der Waals surface area contributed by atoms with E-state index >= 15 is 0 Å². The van der Waals surface area contributed by atoms with E-state index in [0.29, 0.717) is 32.5 Å². The van der Waals surface area contributed by atoms with Crippen LogP contribution in [-0.2, 0) is 14.4 Å². The molecule has 1 spiro atoms. The number of unbranched alkanes of at least 4 members (excludes halogenated alkanes) is 2. The Labute approximate surface area is 243 Å². The molecule has 3 fully saturated rings. The fourth-order valence-electron chi connectivity index (χ4n) is 7.10. The Balaban J connectivity index is 1.78. The third kappa shape index (κ3) is 5.13. The highest BCUT2D eigenvalue weighted by atomic mass is 32.2. The Morgan fingerprint density at radius 2 is 1.77 bits per heavy atom. The van der Waals surface area contributed by atoms with Gasteiger partial charge in [0.1, 0.15) is 6.04 Å². The quantitative estimate of drug-likeness (QED) is 0.297. The molecule has 6 atom stereocenters. The Kier molecular flexibility index (Phi) is 9.20. The van der Waals surface area contributed by atoms with Gasteiger partial charge in [0.2, 0.25) is 17.7 Å². The molecule has 1 aromatic rings. The smallest absolute Gasteiger partial charge is 0.247 e. The van der Waals surface area contributed by atoms with Crippen molar-refractivity contribution < 1.29 is 19.5 Å². The summed E-state index contributed by atoms with van der Waals surface area (Å²) in [5, 5.41) is 9.28. The zero-order valence-corrected chi connectivity index (χ0v) is 25.2. The number of likely N-dealkylation sites (tertiary alicyclic amines) is 1. The molecule has 218 valence electrons. The van der Waals surface area contributed by atoms with Crippen LogP contribution in [0.2, 0.25) is 0 Å². The highest BCUT2D eigenvalue weighted by molar-refractivity contribution is 8.02. The van der Waals surface area contributed by atoms with Gasteiger partial charge in [-0.05, 0) is 64.5 Å². The summed E-state index contributed by atoms with van der Waals surface area (Å²) in [6.45, 7) is 17.2. The van der Waals surface area contributed by atoms with Gasteiger partial charge in [0, 0.05) is 42.7 Å². The SMILES string of the molecule is C=CCN(C(=O)[C@@H]1[C@H]2C(=O)N(CCCCCO)C(C(=O)N(CC=C)C(C)(C)C)C23S[C@@H]1CC3C)c1ccccc1. The van der Waals surface area contributed by atoms with Crippen LogP contribution in [0, 0.1) is 17.8 Å². The molecule has 1 aromatic carbocycles. The zero-order chi connectivity index (χ0) is 29.2. The predicted octanol–water partition coefficient (Wildman–Crippen LogP) is 4.52. The van der Waals surface area contributed by atoms with E-state index in [0.717, 1.165) is 18.5 Å². The molecule has 3 aliphatic rings. The summed E-state index contributed by atoms with van der Waals surface area (Å²) in [6.07, 6.45) is 6.37. The highest BCUT2D eigenvalue weighted by Gasteiger charge is 2.76. The van der Waals surface area contributed by atoms with Gasteiger partial charge in [-0.2, -0.15) is 0 Å². The number of rotatable bonds is 12. The standard InChI is InChI=1S/C32H45N3O4S/c1-7-17-33(23-15-11-9-12-16-23)28(37)25-24-21-22(3)32(40-24)26(25)29(38)34(19-13-10-14-20-36)27(32)30(39)35(18-8-2)31(4,5)6/h7-9,11-12,15-16,22,24-27,36H,1-2,10,13-14,17-21H2,3-6H3/t22?,24-,25+,26+,27?,32?/m1/s1. The van der Waals surface area contributed by atoms with Gasteiger partial charge in [0.15, 0.2) is 0 Å². The maximum absolute atomic E-state index is 14.6. The highest BCUT2D eigenvalue weighted by Crippen LogP contribution is 2.69. The molecule has 3 amide bonds. The summed E-state index contributed by atoms with van der Waals surface area (Å²) in [6, 6.07) is 8.90. The van der Waals surface area contributed by atoms with E-state index in [2.05, 4.69) is 20.1 Å². The number of benzene rings is 1. The topological polar surface area (TPSA) is 81.2 Å². The van der Waals surface area contributed by atoms with Gasteiger partial charge in [-0.3, -0.25) is 14.4 Å². The molecule has 0 aromatic heterocycles. The number of hydrogen-bond donors (Lipinski definition) is 1. The minimum absolute atomic E-state index is 0.0261. The van der Waals surface area contributed by atoms with E-state index in [9.17, 15) is 19.5 Å². The largest absolute Gasteiger partial charge is 0.396 e. The number of thioether (sulfide) groups is 1. The molecule has 0 saturated carbocycles. The average molecular weight is 568 g/mol. The monoisotopic (exact) mass is 567 g/mol. The normalized spacial score (nSPS) is 28.9. The minimum Gasteiger partial charge on any atom is -0.396 e. The predicted molar refractivity (Wildman–Crippen MR) is 162 cm³/mol. The summed E-state index contributed by atoms with van der Waals surface area (Å²) < 4.78 is -0.669. The molecule has 3 unspecified atom stereocenters. The van der Waals surface area contributed by atoms with Gasteiger partial charge in [-0.25, -0.2) is 0 Å². The summed E-state index contributed by atoms with van der Waals surface area (Å²) in [7, 11) is 0. The number of aliphatic hydroxyl groups excluding tert-OH is 1. The molecule has 0 aliphatic carbocycles. The first-order chi connectivity index (χ1) is 19.0. The first-order valence-corrected chi connectivity index (χ1v) is 15.4. The Hall–Kier alpha value is -2.58. The third-order valence-corrected chi connectivity index (χ3v) is 10.9. The van der Waals surface area contributed by atoms with E-state index in [1.165, 1.54) is 0 Å². The van der Waals surface area contributed by atoms with Crippen LogP contribution in [-0.4, -0.2) is 80.4 Å². The van der Waals surface area contributed by atoms with E-state index in [1.54, 1.807) is 33.7 Å². The molecular weight excluding hydrogens is 522 g/mol. The van der Waals surface area contributed by atoms with Crippen molar-refractivity contribution in [3.8, 4) is 0 Å². The van der Waals surface area contributed by atoms with Crippen molar-refractivity contribution in [2.45, 2.75) is 75.0 Å². The molecule has 1 N–H and O–H groups in total. The maximum atomic E-state index is 14.6. The first kappa shape index (κ1) is 30.4. The number of aliphatic hydroxyl groups is 1. The number of para-hydroxylation sites is 1. The van der Waals surface area contributed by atoms with E-state index in [4.69, 9.17) is 0 Å². The third-order valence-electron chi connectivity index (χ3n) is 8.85. The van der Waals surface area contributed by atoms with Crippen molar-refractivity contribution in [1.82, 2.24) is 9.80 Å². The van der Waals surface area contributed by atoms with Crippen LogP contribution in [0.25, 0.3) is 0 Å². The number of carbonyl (C=O) groups is 3. The molecule has 3 saturated heterocycles. The lowest BCUT2D eigenvalue weighted by atomic mass is 9.65. The lowest BCUT2D eigenvalue weighted by molar-refractivity contribution is -0.145.